The SMILES string of the molecule is COc1cc(C(=O)Nc2c(C)nn(-c3ccccc3)c2C)cc(Cl)c1OCCC(C)C. The van der Waals surface area contributed by atoms with Gasteiger partial charge < -0.3 is 14.8 Å². The van der Waals surface area contributed by atoms with Gasteiger partial charge >= 0.3 is 0 Å². The number of nitrogens with zero attached hydrogens (tertiary/aromatic N) is 2. The number of methoxy groups -OCH3 is 1. The van der Waals surface area contributed by atoms with Gasteiger partial charge in [0.15, 0.2) is 11.5 Å². The van der Waals surface area contributed by atoms with E-state index in [1.165, 1.54) is 7.11 Å². The molecule has 0 saturated carbocycles. The van der Waals surface area contributed by atoms with Gasteiger partial charge in [-0.1, -0.05) is 43.6 Å². The molecule has 0 aliphatic carbocycles. The summed E-state index contributed by atoms with van der Waals surface area (Å²) in [7, 11) is 1.53. The zero-order valence-electron chi connectivity index (χ0n) is 18.5. The summed E-state index contributed by atoms with van der Waals surface area (Å²) in [5, 5.41) is 7.87. The van der Waals surface area contributed by atoms with Crippen LogP contribution in [0.15, 0.2) is 42.5 Å². The molecule has 0 radical (unpaired) electrons. The number of rotatable bonds is 8. The normalized spacial score (nSPS) is 10.9. The second-order valence-electron chi connectivity index (χ2n) is 7.77. The van der Waals surface area contributed by atoms with Crippen LogP contribution >= 0.6 is 11.6 Å². The number of anilines is 1. The van der Waals surface area contributed by atoms with Crippen molar-refractivity contribution < 1.29 is 14.3 Å². The van der Waals surface area contributed by atoms with E-state index in [1.807, 2.05) is 48.9 Å². The summed E-state index contributed by atoms with van der Waals surface area (Å²) < 4.78 is 13.0. The fourth-order valence-corrected chi connectivity index (χ4v) is 3.48. The largest absolute Gasteiger partial charge is 0.493 e. The lowest BCUT2D eigenvalue weighted by Gasteiger charge is -2.15. The smallest absolute Gasteiger partial charge is 0.255 e. The molecule has 0 spiro atoms. The molecule has 0 aliphatic heterocycles. The topological polar surface area (TPSA) is 65.4 Å². The number of benzene rings is 2. The molecule has 31 heavy (non-hydrogen) atoms. The van der Waals surface area contributed by atoms with Gasteiger partial charge in [0.25, 0.3) is 5.91 Å². The van der Waals surface area contributed by atoms with Crippen LogP contribution in [0.25, 0.3) is 5.69 Å². The Bertz CT molecular complexity index is 1060. The first-order chi connectivity index (χ1) is 14.8. The maximum atomic E-state index is 13.0. The van der Waals surface area contributed by atoms with Crippen molar-refractivity contribution in [1.82, 2.24) is 9.78 Å². The third-order valence-electron chi connectivity index (χ3n) is 4.96. The lowest BCUT2D eigenvalue weighted by atomic mass is 10.1. The van der Waals surface area contributed by atoms with Crippen molar-refractivity contribution in [3.63, 3.8) is 0 Å². The van der Waals surface area contributed by atoms with Gasteiger partial charge in [-0.25, -0.2) is 4.68 Å². The fraction of sp³-hybridized carbons (Fsp3) is 0.333. The zero-order chi connectivity index (χ0) is 22.5. The monoisotopic (exact) mass is 441 g/mol. The minimum absolute atomic E-state index is 0.298. The van der Waals surface area contributed by atoms with Crippen molar-refractivity contribution in [2.75, 3.05) is 19.0 Å². The second kappa shape index (κ2) is 9.88. The number of carbonyl (C=O) groups is 1. The van der Waals surface area contributed by atoms with E-state index in [1.54, 1.807) is 12.1 Å². The molecule has 3 rings (SSSR count). The lowest BCUT2D eigenvalue weighted by molar-refractivity contribution is 0.102. The minimum atomic E-state index is -0.298. The van der Waals surface area contributed by atoms with Crippen LogP contribution in [0.3, 0.4) is 0 Å². The number of aromatic nitrogens is 2. The number of halogens is 1. The summed E-state index contributed by atoms with van der Waals surface area (Å²) >= 11 is 6.42. The summed E-state index contributed by atoms with van der Waals surface area (Å²) in [5.41, 5.74) is 3.53. The van der Waals surface area contributed by atoms with E-state index in [2.05, 4.69) is 24.3 Å². The predicted molar refractivity (Wildman–Crippen MR) is 124 cm³/mol. The van der Waals surface area contributed by atoms with Crippen molar-refractivity contribution >= 4 is 23.2 Å². The van der Waals surface area contributed by atoms with Crippen LogP contribution in [0.1, 0.15) is 42.0 Å². The maximum absolute atomic E-state index is 13.0. The number of aryl methyl sites for hydroxylation is 1. The van der Waals surface area contributed by atoms with Gasteiger partial charge in [-0.3, -0.25) is 4.79 Å². The van der Waals surface area contributed by atoms with E-state index < -0.39 is 0 Å². The van der Waals surface area contributed by atoms with Crippen molar-refractivity contribution in [2.45, 2.75) is 34.1 Å². The van der Waals surface area contributed by atoms with E-state index in [-0.39, 0.29) is 5.91 Å². The molecular weight excluding hydrogens is 414 g/mol. The standard InChI is InChI=1S/C24H28ClN3O3/c1-15(2)11-12-31-23-20(25)13-18(14-21(23)30-5)24(29)26-22-16(3)27-28(17(22)4)19-9-7-6-8-10-19/h6-10,13-15H,11-12H2,1-5H3,(H,26,29). The molecule has 0 aliphatic rings. The van der Waals surface area contributed by atoms with Crippen molar-refractivity contribution in [3.05, 3.63) is 64.4 Å². The highest BCUT2D eigenvalue weighted by Crippen LogP contribution is 2.37. The molecule has 164 valence electrons. The molecule has 0 saturated heterocycles. The van der Waals surface area contributed by atoms with Gasteiger partial charge in [-0.15, -0.1) is 0 Å². The number of para-hydroxylation sites is 1. The van der Waals surface area contributed by atoms with Crippen molar-refractivity contribution in [3.8, 4) is 17.2 Å². The summed E-state index contributed by atoms with van der Waals surface area (Å²) in [6.07, 6.45) is 0.895. The Morgan fingerprint density at radius 2 is 1.90 bits per heavy atom. The molecule has 0 atom stereocenters. The summed E-state index contributed by atoms with van der Waals surface area (Å²) in [6, 6.07) is 13.0. The molecular formula is C24H28ClN3O3. The van der Waals surface area contributed by atoms with Gasteiger partial charge in [0.2, 0.25) is 0 Å². The first-order valence-corrected chi connectivity index (χ1v) is 10.6. The first kappa shape index (κ1) is 22.7. The average Bonchev–Trinajstić information content (AvgIpc) is 3.03. The minimum Gasteiger partial charge on any atom is -0.493 e. The Kier molecular flexibility index (Phi) is 7.23. The fourth-order valence-electron chi connectivity index (χ4n) is 3.22. The molecule has 1 amide bonds. The van der Waals surface area contributed by atoms with Crippen LogP contribution in [-0.4, -0.2) is 29.4 Å². The highest BCUT2D eigenvalue weighted by molar-refractivity contribution is 6.32. The van der Waals surface area contributed by atoms with Gasteiger partial charge in [0, 0.05) is 5.56 Å². The highest BCUT2D eigenvalue weighted by Gasteiger charge is 2.19. The molecule has 0 bridgehead atoms. The van der Waals surface area contributed by atoms with Crippen LogP contribution in [0, 0.1) is 19.8 Å². The van der Waals surface area contributed by atoms with Gasteiger partial charge in [-0.05, 0) is 50.5 Å². The number of hydrogen-bond acceptors (Lipinski definition) is 4. The van der Waals surface area contributed by atoms with E-state index >= 15 is 0 Å². The Morgan fingerprint density at radius 3 is 2.55 bits per heavy atom. The third kappa shape index (κ3) is 5.20. The molecule has 7 heteroatoms. The number of amides is 1. The van der Waals surface area contributed by atoms with Crippen LogP contribution in [0.2, 0.25) is 5.02 Å². The molecule has 0 fully saturated rings. The molecule has 3 aromatic rings. The molecule has 1 heterocycles. The summed E-state index contributed by atoms with van der Waals surface area (Å²) in [4.78, 5) is 13.0. The second-order valence-corrected chi connectivity index (χ2v) is 8.17. The maximum Gasteiger partial charge on any atom is 0.255 e. The zero-order valence-corrected chi connectivity index (χ0v) is 19.3. The van der Waals surface area contributed by atoms with E-state index in [0.717, 1.165) is 23.5 Å². The highest BCUT2D eigenvalue weighted by atomic mass is 35.5. The van der Waals surface area contributed by atoms with Crippen LogP contribution in [0.5, 0.6) is 11.5 Å². The molecule has 0 unspecified atom stereocenters. The summed E-state index contributed by atoms with van der Waals surface area (Å²) in [5.74, 6) is 1.09. The Morgan fingerprint density at radius 1 is 1.19 bits per heavy atom. The van der Waals surface area contributed by atoms with Gasteiger partial charge in [0.05, 0.1) is 41.5 Å². The van der Waals surface area contributed by atoms with Crippen LogP contribution < -0.4 is 14.8 Å². The quantitative estimate of drug-likeness (QED) is 0.477. The first-order valence-electron chi connectivity index (χ1n) is 10.2. The number of nitrogens with one attached hydrogen (secondary N) is 1. The lowest BCUT2D eigenvalue weighted by Crippen LogP contribution is -2.14. The number of carbonyl (C=O) groups excluding carboxylic acids is 1. The molecule has 1 aromatic heterocycles. The number of ether oxygens (including phenoxy) is 2. The Labute approximate surface area is 188 Å². The van der Waals surface area contributed by atoms with Crippen LogP contribution in [0.4, 0.5) is 5.69 Å². The van der Waals surface area contributed by atoms with Crippen molar-refractivity contribution in [2.24, 2.45) is 5.92 Å². The van der Waals surface area contributed by atoms with Gasteiger partial charge in [-0.2, -0.15) is 5.10 Å². The Balaban J connectivity index is 1.84. The molecule has 6 nitrogen and oxygen atoms in total. The predicted octanol–water partition coefficient (Wildman–Crippen LogP) is 5.83. The summed E-state index contributed by atoms with van der Waals surface area (Å²) in [6.45, 7) is 8.55. The van der Waals surface area contributed by atoms with E-state index in [4.69, 9.17) is 21.1 Å². The average molecular weight is 442 g/mol. The van der Waals surface area contributed by atoms with Crippen molar-refractivity contribution in [1.29, 1.82) is 0 Å². The van der Waals surface area contributed by atoms with E-state index in [0.29, 0.717) is 40.3 Å². The van der Waals surface area contributed by atoms with Gasteiger partial charge in [0.1, 0.15) is 0 Å². The van der Waals surface area contributed by atoms with Crippen LogP contribution in [-0.2, 0) is 0 Å². The van der Waals surface area contributed by atoms with E-state index in [9.17, 15) is 4.79 Å². The molecule has 2 aromatic carbocycles. The number of hydrogen-bond donors (Lipinski definition) is 1. The molecule has 1 N–H and O–H groups in total. The Hall–Kier alpha value is -2.99. The third-order valence-corrected chi connectivity index (χ3v) is 5.24.